The topological polar surface area (TPSA) is 0 Å². The van der Waals surface area contributed by atoms with Gasteiger partial charge in [0.2, 0.25) is 0 Å². The zero-order valence-corrected chi connectivity index (χ0v) is 16.4. The highest BCUT2D eigenvalue weighted by Gasteiger charge is 2.48. The first-order valence-corrected chi connectivity index (χ1v) is 20.1. The first-order valence-electron chi connectivity index (χ1n) is 6.11. The summed E-state index contributed by atoms with van der Waals surface area (Å²) in [5, 5.41) is 0. The second-order valence-corrected chi connectivity index (χ2v) is 40.9. The second-order valence-electron chi connectivity index (χ2n) is 7.49. The lowest BCUT2D eigenvalue weighted by Gasteiger charge is -2.50. The summed E-state index contributed by atoms with van der Waals surface area (Å²) < 4.78 is 0. The molecule has 0 aliphatic rings. The van der Waals surface area contributed by atoms with Crippen LogP contribution in [-0.4, -0.2) is 23.2 Å². The zero-order chi connectivity index (χ0) is 12.7. The first kappa shape index (κ1) is 16.1. The van der Waals surface area contributed by atoms with Gasteiger partial charge in [0.15, 0.2) is 0 Å². The van der Waals surface area contributed by atoms with E-state index in [0.29, 0.717) is 6.57 Å². The van der Waals surface area contributed by atoms with Crippen molar-refractivity contribution in [2.24, 2.45) is 0 Å². The normalized spacial score (nSPS) is 15.2. The molecule has 0 aromatic carbocycles. The van der Waals surface area contributed by atoms with E-state index in [4.69, 9.17) is 0 Å². The second kappa shape index (κ2) is 4.75. The minimum Gasteiger partial charge on any atom is -0.140 e. The van der Waals surface area contributed by atoms with Gasteiger partial charge in [-0.3, -0.25) is 0 Å². The number of hydrogen-bond donors (Lipinski definition) is 0. The zero-order valence-electron chi connectivity index (χ0n) is 12.5. The van der Waals surface area contributed by atoms with Gasteiger partial charge in [-0.1, -0.05) is 66.2 Å². The van der Waals surface area contributed by atoms with E-state index in [2.05, 4.69) is 66.2 Å². The highest BCUT2D eigenvalue weighted by molar-refractivity contribution is 8.37. The standard InChI is InChI=1S/C11H31PSi3/c1-11(2)15(9,10)12(13(3,4)5)14(6,7)8/h11H,1-10H3. The van der Waals surface area contributed by atoms with Crippen LogP contribution in [0, 0.1) is 0 Å². The molecule has 0 radical (unpaired) electrons. The summed E-state index contributed by atoms with van der Waals surface area (Å²) in [7, 11) is -2.86. The van der Waals surface area contributed by atoms with Crippen LogP contribution >= 0.6 is 6.57 Å². The third-order valence-electron chi connectivity index (χ3n) is 3.33. The Kier molecular flexibility index (Phi) is 5.10. The average Bonchev–Trinajstić information content (AvgIpc) is 1.76. The van der Waals surface area contributed by atoms with E-state index in [9.17, 15) is 0 Å². The van der Waals surface area contributed by atoms with Gasteiger partial charge in [-0.05, 0) is 5.54 Å². The molecule has 0 amide bonds. The Morgan fingerprint density at radius 2 is 0.933 bits per heavy atom. The summed E-state index contributed by atoms with van der Waals surface area (Å²) in [6, 6.07) is 0. The maximum Gasteiger partial charge on any atom is 0.0696 e. The lowest BCUT2D eigenvalue weighted by atomic mass is 10.6. The molecule has 4 heteroatoms. The highest BCUT2D eigenvalue weighted by Crippen LogP contribution is 2.64. The van der Waals surface area contributed by atoms with Gasteiger partial charge in [-0.2, -0.15) is 0 Å². The molecular weight excluding hydrogens is 247 g/mol. The quantitative estimate of drug-likeness (QED) is 0.453. The third-order valence-corrected chi connectivity index (χ3v) is 57.6. The molecule has 0 aromatic heterocycles. The molecular formula is C11H31PSi3. The molecule has 15 heavy (non-hydrogen) atoms. The van der Waals surface area contributed by atoms with Gasteiger partial charge in [-0.15, -0.1) is 6.57 Å². The fraction of sp³-hybridized carbons (Fsp3) is 1.00. The lowest BCUT2D eigenvalue weighted by Crippen LogP contribution is -2.46. The maximum atomic E-state index is 2.67. The molecule has 0 spiro atoms. The molecule has 0 fully saturated rings. The van der Waals surface area contributed by atoms with Crippen LogP contribution in [0.5, 0.6) is 0 Å². The summed E-state index contributed by atoms with van der Waals surface area (Å²) in [5.41, 5.74) is 0.960. The minimum atomic E-state index is -0.993. The fourth-order valence-corrected chi connectivity index (χ4v) is 80.8. The summed E-state index contributed by atoms with van der Waals surface area (Å²) in [6.45, 7) is 26.4. The summed E-state index contributed by atoms with van der Waals surface area (Å²) in [5.74, 6) is 0. The Labute approximate surface area is 102 Å². The van der Waals surface area contributed by atoms with E-state index in [-0.39, 0.29) is 0 Å². The molecule has 0 atom stereocenters. The van der Waals surface area contributed by atoms with Gasteiger partial charge in [0, 0.05) is 0 Å². The van der Waals surface area contributed by atoms with E-state index in [1.54, 1.807) is 0 Å². The fourth-order valence-electron chi connectivity index (χ4n) is 2.99. The molecule has 0 nitrogen and oxygen atoms in total. The van der Waals surface area contributed by atoms with Crippen LogP contribution in [0.4, 0.5) is 0 Å². The van der Waals surface area contributed by atoms with Crippen LogP contribution in [0.15, 0.2) is 0 Å². The highest BCUT2D eigenvalue weighted by atomic mass is 31.8. The molecule has 0 N–H and O–H groups in total. The van der Waals surface area contributed by atoms with Gasteiger partial charge >= 0.3 is 0 Å². The SMILES string of the molecule is CC(C)[Si](C)(C)P([Si](C)(C)C)[Si](C)(C)C. The molecule has 92 valence electrons. The Bertz CT molecular complexity index is 197. The Balaban J connectivity index is 5.33. The van der Waals surface area contributed by atoms with E-state index in [0.717, 1.165) is 5.54 Å². The molecule has 0 bridgehead atoms. The van der Waals surface area contributed by atoms with Crippen molar-refractivity contribution in [2.45, 2.75) is 71.8 Å². The van der Waals surface area contributed by atoms with Crippen LogP contribution in [0.2, 0.25) is 57.9 Å². The number of hydrogen-bond acceptors (Lipinski definition) is 0. The van der Waals surface area contributed by atoms with Crippen molar-refractivity contribution >= 4 is 29.8 Å². The predicted octanol–water partition coefficient (Wildman–Crippen LogP) is 5.75. The smallest absolute Gasteiger partial charge is 0.0696 e. The van der Waals surface area contributed by atoms with Crippen molar-refractivity contribution in [2.75, 3.05) is 0 Å². The monoisotopic (exact) mass is 278 g/mol. The average molecular weight is 279 g/mol. The van der Waals surface area contributed by atoms with Crippen molar-refractivity contribution in [3.63, 3.8) is 0 Å². The van der Waals surface area contributed by atoms with Crippen molar-refractivity contribution < 1.29 is 0 Å². The third kappa shape index (κ3) is 4.10. The Morgan fingerprint density at radius 3 is 1.00 bits per heavy atom. The summed E-state index contributed by atoms with van der Waals surface area (Å²) >= 11 is 0. The molecule has 0 heterocycles. The molecule has 0 aliphatic carbocycles. The van der Waals surface area contributed by atoms with Gasteiger partial charge in [0.05, 0.1) is 23.2 Å². The van der Waals surface area contributed by atoms with Crippen molar-refractivity contribution in [1.29, 1.82) is 0 Å². The van der Waals surface area contributed by atoms with Gasteiger partial charge in [-0.25, -0.2) is 0 Å². The molecule has 0 saturated heterocycles. The van der Waals surface area contributed by atoms with Crippen molar-refractivity contribution in [1.82, 2.24) is 0 Å². The molecule has 0 saturated carbocycles. The van der Waals surface area contributed by atoms with E-state index in [1.165, 1.54) is 0 Å². The van der Waals surface area contributed by atoms with Crippen LogP contribution in [0.25, 0.3) is 0 Å². The maximum absolute atomic E-state index is 2.67. The molecule has 0 aliphatic heterocycles. The molecule has 0 unspecified atom stereocenters. The predicted molar refractivity (Wildman–Crippen MR) is 86.2 cm³/mol. The Hall–Kier alpha value is 1.08. The van der Waals surface area contributed by atoms with Crippen LogP contribution in [-0.2, 0) is 0 Å². The van der Waals surface area contributed by atoms with Crippen LogP contribution < -0.4 is 0 Å². The van der Waals surface area contributed by atoms with Gasteiger partial charge in [0.1, 0.15) is 0 Å². The van der Waals surface area contributed by atoms with E-state index in [1.807, 2.05) is 0 Å². The van der Waals surface area contributed by atoms with Crippen molar-refractivity contribution in [3.05, 3.63) is 0 Å². The summed E-state index contributed by atoms with van der Waals surface area (Å²) in [4.78, 5) is 0. The molecule has 0 rings (SSSR count). The largest absolute Gasteiger partial charge is 0.140 e. The van der Waals surface area contributed by atoms with Gasteiger partial charge in [0.25, 0.3) is 0 Å². The van der Waals surface area contributed by atoms with Crippen LogP contribution in [0.1, 0.15) is 13.8 Å². The summed E-state index contributed by atoms with van der Waals surface area (Å²) in [6.07, 6.45) is 0. The van der Waals surface area contributed by atoms with E-state index >= 15 is 0 Å². The van der Waals surface area contributed by atoms with E-state index < -0.39 is 23.2 Å². The minimum absolute atomic E-state index is 0.391. The first-order chi connectivity index (χ1) is 6.31. The van der Waals surface area contributed by atoms with Crippen LogP contribution in [0.3, 0.4) is 0 Å². The lowest BCUT2D eigenvalue weighted by molar-refractivity contribution is 1.03. The number of rotatable bonds is 4. The van der Waals surface area contributed by atoms with Gasteiger partial charge < -0.3 is 0 Å². The van der Waals surface area contributed by atoms with Crippen molar-refractivity contribution in [3.8, 4) is 0 Å². The molecule has 0 aromatic rings. The Morgan fingerprint density at radius 1 is 0.667 bits per heavy atom.